The molecule has 0 heterocycles. The number of halogens is 6. The van der Waals surface area contributed by atoms with Crippen molar-refractivity contribution in [2.24, 2.45) is 0 Å². The fourth-order valence-corrected chi connectivity index (χ4v) is 2.11. The van der Waals surface area contributed by atoms with Crippen molar-refractivity contribution in [3.05, 3.63) is 65.7 Å². The fraction of sp³-hybridized carbons (Fsp3) is 0.125. The number of rotatable bonds is 3. The van der Waals surface area contributed by atoms with Gasteiger partial charge in [-0.05, 0) is 5.56 Å². The average Bonchev–Trinajstić information content (AvgIpc) is 2.46. The van der Waals surface area contributed by atoms with Crippen LogP contribution in [0, 0.1) is 0 Å². The van der Waals surface area contributed by atoms with E-state index in [0.717, 1.165) is 13.3 Å². The van der Waals surface area contributed by atoms with Crippen LogP contribution in [0.15, 0.2) is 49.0 Å². The van der Waals surface area contributed by atoms with Crippen LogP contribution >= 0.6 is 0 Å². The zero-order chi connectivity index (χ0) is 17.3. The number of benzene rings is 2. The molecule has 2 aromatic carbocycles. The van der Waals surface area contributed by atoms with E-state index in [9.17, 15) is 26.3 Å². The van der Waals surface area contributed by atoms with Crippen LogP contribution in [-0.2, 0) is 12.4 Å². The summed E-state index contributed by atoms with van der Waals surface area (Å²) in [5, 5.41) is 0. The third kappa shape index (κ3) is 3.97. The molecular weight excluding hydrogens is 317 g/mol. The Morgan fingerprint density at radius 3 is 1.65 bits per heavy atom. The molecule has 0 bridgehead atoms. The van der Waals surface area contributed by atoms with E-state index in [4.69, 9.17) is 0 Å². The van der Waals surface area contributed by atoms with E-state index in [1.165, 1.54) is 18.2 Å². The van der Waals surface area contributed by atoms with Crippen LogP contribution in [0.1, 0.15) is 16.7 Å². The summed E-state index contributed by atoms with van der Waals surface area (Å²) < 4.78 is 78.2. The van der Waals surface area contributed by atoms with Crippen molar-refractivity contribution in [2.75, 3.05) is 0 Å². The van der Waals surface area contributed by atoms with Crippen molar-refractivity contribution >= 4 is 24.3 Å². The third-order valence-corrected chi connectivity index (χ3v) is 3.20. The van der Waals surface area contributed by atoms with Gasteiger partial charge in [0.05, 0.1) is 0 Å². The standard InChI is InChI=1S/C16H10BF6/c1-2-10-6-8-11(9-7-10)17-14-12(15(18,19)20)4-3-5-13(14)16(21,22)23/h2-9H,1H2/q-1. The van der Waals surface area contributed by atoms with Gasteiger partial charge in [-0.3, -0.25) is 18.2 Å². The number of hydrogen-bond acceptors (Lipinski definition) is 0. The smallest absolute Gasteiger partial charge is 0.275 e. The molecule has 2 rings (SSSR count). The maximum absolute atomic E-state index is 13.0. The summed E-state index contributed by atoms with van der Waals surface area (Å²) in [6.07, 6.45) is -8.24. The van der Waals surface area contributed by atoms with Crippen LogP contribution in [0.5, 0.6) is 0 Å². The van der Waals surface area contributed by atoms with E-state index < -0.39 is 28.9 Å². The largest absolute Gasteiger partial charge is 0.413 e. The Labute approximate surface area is 129 Å². The van der Waals surface area contributed by atoms with E-state index in [0.29, 0.717) is 17.7 Å². The summed E-state index contributed by atoms with van der Waals surface area (Å²) in [4.78, 5) is 0. The predicted octanol–water partition coefficient (Wildman–Crippen LogP) is 4.02. The molecule has 0 atom stereocenters. The van der Waals surface area contributed by atoms with Gasteiger partial charge in [-0.2, -0.15) is 26.3 Å². The first-order chi connectivity index (χ1) is 10.6. The van der Waals surface area contributed by atoms with Gasteiger partial charge in [0, 0.05) is 11.1 Å². The van der Waals surface area contributed by atoms with E-state index in [1.807, 2.05) is 0 Å². The van der Waals surface area contributed by atoms with Crippen LogP contribution in [0.2, 0.25) is 0 Å². The molecule has 2 aromatic rings. The summed E-state index contributed by atoms with van der Waals surface area (Å²) in [5.74, 6) is 0. The van der Waals surface area contributed by atoms with E-state index in [-0.39, 0.29) is 5.46 Å². The van der Waals surface area contributed by atoms with Gasteiger partial charge >= 0.3 is 12.4 Å². The molecule has 0 unspecified atom stereocenters. The highest BCUT2D eigenvalue weighted by atomic mass is 19.4. The summed E-state index contributed by atoms with van der Waals surface area (Å²) in [6, 6.07) is 8.02. The Morgan fingerprint density at radius 1 is 0.783 bits per heavy atom. The van der Waals surface area contributed by atoms with Crippen molar-refractivity contribution in [1.29, 1.82) is 0 Å². The molecule has 0 N–H and O–H groups in total. The third-order valence-electron chi connectivity index (χ3n) is 3.20. The van der Waals surface area contributed by atoms with Crippen molar-refractivity contribution in [1.82, 2.24) is 0 Å². The maximum atomic E-state index is 13.0. The lowest BCUT2D eigenvalue weighted by atomic mass is 9.60. The minimum atomic E-state index is -4.88. The second-order valence-electron chi connectivity index (χ2n) is 4.78. The molecule has 0 saturated heterocycles. The normalized spacial score (nSPS) is 12.3. The summed E-state index contributed by atoms with van der Waals surface area (Å²) >= 11 is 0. The van der Waals surface area contributed by atoms with Gasteiger partial charge < -0.3 is 0 Å². The van der Waals surface area contributed by atoms with Crippen LogP contribution in [0.4, 0.5) is 26.3 Å². The lowest BCUT2D eigenvalue weighted by molar-refractivity contribution is -0.141. The minimum absolute atomic E-state index is 0.234. The lowest BCUT2D eigenvalue weighted by Gasteiger charge is -2.28. The van der Waals surface area contributed by atoms with E-state index >= 15 is 0 Å². The Balaban J connectivity index is 2.55. The van der Waals surface area contributed by atoms with Gasteiger partial charge in [0.2, 0.25) is 0 Å². The molecule has 0 aliphatic rings. The van der Waals surface area contributed by atoms with Gasteiger partial charge in [0.15, 0.2) is 0 Å². The van der Waals surface area contributed by atoms with Crippen LogP contribution < -0.4 is 10.9 Å². The minimum Gasteiger partial charge on any atom is -0.275 e. The summed E-state index contributed by atoms with van der Waals surface area (Å²) in [6.45, 7) is 3.53. The SMILES string of the molecule is C=Cc1ccc([B-]c2c(C(F)(F)F)cccc2C(F)(F)F)cc1. The van der Waals surface area contributed by atoms with E-state index in [2.05, 4.69) is 6.58 Å². The first-order valence-corrected chi connectivity index (χ1v) is 6.47. The van der Waals surface area contributed by atoms with Crippen molar-refractivity contribution in [2.45, 2.75) is 12.4 Å². The first-order valence-electron chi connectivity index (χ1n) is 6.47. The Bertz CT molecular complexity index is 666. The van der Waals surface area contributed by atoms with Crippen LogP contribution in [0.3, 0.4) is 0 Å². The average molecular weight is 327 g/mol. The summed E-state index contributed by atoms with van der Waals surface area (Å²) in [7, 11) is 0.887. The molecule has 0 saturated carbocycles. The molecule has 120 valence electrons. The predicted molar refractivity (Wildman–Crippen MR) is 78.0 cm³/mol. The highest BCUT2D eigenvalue weighted by molar-refractivity contribution is 6.68. The quantitative estimate of drug-likeness (QED) is 0.590. The molecule has 2 radical (unpaired) electrons. The number of hydrogen-bond donors (Lipinski definition) is 0. The molecule has 0 fully saturated rings. The van der Waals surface area contributed by atoms with Crippen molar-refractivity contribution in [3.8, 4) is 0 Å². The number of alkyl halides is 6. The molecule has 0 aliphatic carbocycles. The lowest BCUT2D eigenvalue weighted by Crippen LogP contribution is -2.38. The molecule has 0 aromatic heterocycles. The molecule has 0 amide bonds. The zero-order valence-electron chi connectivity index (χ0n) is 11.7. The van der Waals surface area contributed by atoms with Crippen molar-refractivity contribution in [3.63, 3.8) is 0 Å². The second-order valence-corrected chi connectivity index (χ2v) is 4.78. The first kappa shape index (κ1) is 17.2. The molecule has 7 heteroatoms. The maximum Gasteiger partial charge on any atom is 0.413 e. The van der Waals surface area contributed by atoms with Gasteiger partial charge in [0.25, 0.3) is 0 Å². The molecule has 0 nitrogen and oxygen atoms in total. The fourth-order valence-electron chi connectivity index (χ4n) is 2.11. The molecule has 0 aliphatic heterocycles. The van der Waals surface area contributed by atoms with Crippen molar-refractivity contribution < 1.29 is 26.3 Å². The Morgan fingerprint density at radius 2 is 1.26 bits per heavy atom. The Hall–Kier alpha value is -2.18. The Kier molecular flexibility index (Phi) is 4.59. The van der Waals surface area contributed by atoms with Gasteiger partial charge in [-0.1, -0.05) is 43.0 Å². The molecular formula is C16H10BF6-. The van der Waals surface area contributed by atoms with E-state index in [1.54, 1.807) is 12.1 Å². The monoisotopic (exact) mass is 327 g/mol. The topological polar surface area (TPSA) is 0 Å². The summed E-state index contributed by atoms with van der Waals surface area (Å²) in [5.41, 5.74) is -2.58. The van der Waals surface area contributed by atoms with Gasteiger partial charge in [-0.25, -0.2) is 0 Å². The highest BCUT2D eigenvalue weighted by Gasteiger charge is 2.36. The molecule has 23 heavy (non-hydrogen) atoms. The molecule has 0 spiro atoms. The van der Waals surface area contributed by atoms with Crippen LogP contribution in [0.25, 0.3) is 6.08 Å². The highest BCUT2D eigenvalue weighted by Crippen LogP contribution is 2.33. The van der Waals surface area contributed by atoms with Gasteiger partial charge in [0.1, 0.15) is 0 Å². The van der Waals surface area contributed by atoms with Crippen LogP contribution in [-0.4, -0.2) is 7.28 Å². The zero-order valence-corrected chi connectivity index (χ0v) is 11.7. The van der Waals surface area contributed by atoms with Gasteiger partial charge in [-0.15, -0.1) is 12.1 Å². The second kappa shape index (κ2) is 6.14.